The standard InChI is InChI=1S/C13H12N4O/c1-2-18-12-5-3-4-10(6-12)17-13-9-15-11(7-14)8-16-13/h3-6,8-9H,2H2,1H3,(H,16,17). The second-order valence-corrected chi connectivity index (χ2v) is 3.48. The van der Waals surface area contributed by atoms with Gasteiger partial charge in [0.05, 0.1) is 19.0 Å². The lowest BCUT2D eigenvalue weighted by Crippen LogP contribution is -1.97. The summed E-state index contributed by atoms with van der Waals surface area (Å²) in [5.74, 6) is 1.38. The van der Waals surface area contributed by atoms with Crippen LogP contribution in [-0.4, -0.2) is 16.6 Å². The molecule has 2 aromatic rings. The number of nitriles is 1. The third-order valence-corrected chi connectivity index (χ3v) is 2.18. The lowest BCUT2D eigenvalue weighted by Gasteiger charge is -2.07. The van der Waals surface area contributed by atoms with E-state index in [0.717, 1.165) is 11.4 Å². The van der Waals surface area contributed by atoms with E-state index in [-0.39, 0.29) is 0 Å². The molecular weight excluding hydrogens is 228 g/mol. The van der Waals surface area contributed by atoms with E-state index in [9.17, 15) is 0 Å². The van der Waals surface area contributed by atoms with Crippen molar-refractivity contribution < 1.29 is 4.74 Å². The van der Waals surface area contributed by atoms with Crippen LogP contribution in [0.2, 0.25) is 0 Å². The Bertz CT molecular complexity index is 560. The number of aromatic nitrogens is 2. The maximum atomic E-state index is 8.62. The lowest BCUT2D eigenvalue weighted by atomic mass is 10.3. The van der Waals surface area contributed by atoms with Crippen molar-refractivity contribution in [2.45, 2.75) is 6.92 Å². The van der Waals surface area contributed by atoms with Crippen LogP contribution in [0.15, 0.2) is 36.7 Å². The maximum absolute atomic E-state index is 8.62. The summed E-state index contributed by atoms with van der Waals surface area (Å²) in [7, 11) is 0. The molecule has 0 spiro atoms. The Morgan fingerprint density at radius 1 is 1.33 bits per heavy atom. The summed E-state index contributed by atoms with van der Waals surface area (Å²) in [6, 6.07) is 9.49. The van der Waals surface area contributed by atoms with E-state index in [1.165, 1.54) is 12.4 Å². The third-order valence-electron chi connectivity index (χ3n) is 2.18. The van der Waals surface area contributed by atoms with Gasteiger partial charge in [0.25, 0.3) is 0 Å². The first-order chi connectivity index (χ1) is 8.81. The maximum Gasteiger partial charge on any atom is 0.158 e. The van der Waals surface area contributed by atoms with Crippen molar-refractivity contribution >= 4 is 11.5 Å². The Kier molecular flexibility index (Phi) is 3.72. The predicted octanol–water partition coefficient (Wildman–Crippen LogP) is 2.49. The average Bonchev–Trinajstić information content (AvgIpc) is 2.40. The van der Waals surface area contributed by atoms with Crippen LogP contribution in [0.25, 0.3) is 0 Å². The van der Waals surface area contributed by atoms with Crippen molar-refractivity contribution in [1.29, 1.82) is 5.26 Å². The minimum Gasteiger partial charge on any atom is -0.494 e. The number of ether oxygens (including phenoxy) is 1. The summed E-state index contributed by atoms with van der Waals surface area (Å²) in [5.41, 5.74) is 1.16. The second-order valence-electron chi connectivity index (χ2n) is 3.48. The third kappa shape index (κ3) is 2.95. The summed E-state index contributed by atoms with van der Waals surface area (Å²) in [5, 5.41) is 11.7. The fraction of sp³-hybridized carbons (Fsp3) is 0.154. The van der Waals surface area contributed by atoms with Gasteiger partial charge in [-0.2, -0.15) is 5.26 Å². The van der Waals surface area contributed by atoms with Crippen LogP contribution in [0, 0.1) is 11.3 Å². The van der Waals surface area contributed by atoms with Crippen LogP contribution in [0.1, 0.15) is 12.6 Å². The Balaban J connectivity index is 2.12. The van der Waals surface area contributed by atoms with Crippen LogP contribution in [0.5, 0.6) is 5.75 Å². The smallest absolute Gasteiger partial charge is 0.158 e. The molecule has 0 amide bonds. The highest BCUT2D eigenvalue weighted by atomic mass is 16.5. The van der Waals surface area contributed by atoms with Crippen molar-refractivity contribution in [3.63, 3.8) is 0 Å². The van der Waals surface area contributed by atoms with Crippen molar-refractivity contribution in [3.8, 4) is 11.8 Å². The molecule has 0 fully saturated rings. The highest BCUT2D eigenvalue weighted by Crippen LogP contribution is 2.20. The number of hydrogen-bond acceptors (Lipinski definition) is 5. The minimum absolute atomic E-state index is 0.295. The zero-order chi connectivity index (χ0) is 12.8. The van der Waals surface area contributed by atoms with Gasteiger partial charge in [0, 0.05) is 11.8 Å². The molecule has 90 valence electrons. The molecule has 0 bridgehead atoms. The lowest BCUT2D eigenvalue weighted by molar-refractivity contribution is 0.340. The molecule has 1 heterocycles. The topological polar surface area (TPSA) is 70.8 Å². The second kappa shape index (κ2) is 5.64. The highest BCUT2D eigenvalue weighted by molar-refractivity contribution is 5.57. The molecule has 1 aromatic carbocycles. The van der Waals surface area contributed by atoms with E-state index in [1.807, 2.05) is 37.3 Å². The fourth-order valence-electron chi connectivity index (χ4n) is 1.43. The molecule has 1 aromatic heterocycles. The van der Waals surface area contributed by atoms with Gasteiger partial charge in [-0.3, -0.25) is 0 Å². The van der Waals surface area contributed by atoms with E-state index in [0.29, 0.717) is 18.1 Å². The number of hydrogen-bond donors (Lipinski definition) is 1. The number of nitrogens with zero attached hydrogens (tertiary/aromatic N) is 3. The SMILES string of the molecule is CCOc1cccc(Nc2cnc(C#N)cn2)c1. The van der Waals surface area contributed by atoms with Gasteiger partial charge in [-0.05, 0) is 19.1 Å². The van der Waals surface area contributed by atoms with Gasteiger partial charge < -0.3 is 10.1 Å². The van der Waals surface area contributed by atoms with Crippen molar-refractivity contribution in [1.82, 2.24) is 9.97 Å². The van der Waals surface area contributed by atoms with Crippen LogP contribution in [-0.2, 0) is 0 Å². The summed E-state index contributed by atoms with van der Waals surface area (Å²) in [4.78, 5) is 8.02. The zero-order valence-corrected chi connectivity index (χ0v) is 9.92. The Hall–Kier alpha value is -2.61. The summed E-state index contributed by atoms with van der Waals surface area (Å²) in [6.07, 6.45) is 2.95. The monoisotopic (exact) mass is 240 g/mol. The van der Waals surface area contributed by atoms with E-state index in [2.05, 4.69) is 15.3 Å². The fourth-order valence-corrected chi connectivity index (χ4v) is 1.43. The molecule has 0 saturated carbocycles. The van der Waals surface area contributed by atoms with Gasteiger partial charge in [0.2, 0.25) is 0 Å². The average molecular weight is 240 g/mol. The first-order valence-electron chi connectivity index (χ1n) is 5.54. The molecule has 2 rings (SSSR count). The summed E-state index contributed by atoms with van der Waals surface area (Å²) >= 11 is 0. The molecule has 0 unspecified atom stereocenters. The highest BCUT2D eigenvalue weighted by Gasteiger charge is 1.99. The van der Waals surface area contributed by atoms with Gasteiger partial charge in [-0.1, -0.05) is 6.07 Å². The molecule has 0 saturated heterocycles. The van der Waals surface area contributed by atoms with Gasteiger partial charge in [0.1, 0.15) is 17.6 Å². The zero-order valence-electron chi connectivity index (χ0n) is 9.92. The van der Waals surface area contributed by atoms with Gasteiger partial charge in [0.15, 0.2) is 5.69 Å². The largest absolute Gasteiger partial charge is 0.494 e. The van der Waals surface area contributed by atoms with E-state index in [4.69, 9.17) is 10.00 Å². The molecule has 0 radical (unpaired) electrons. The predicted molar refractivity (Wildman–Crippen MR) is 67.6 cm³/mol. The van der Waals surface area contributed by atoms with Crippen LogP contribution in [0.3, 0.4) is 0 Å². The summed E-state index contributed by atoms with van der Waals surface area (Å²) < 4.78 is 5.40. The van der Waals surface area contributed by atoms with Crippen molar-refractivity contribution in [2.24, 2.45) is 0 Å². The molecule has 1 N–H and O–H groups in total. The molecule has 0 aliphatic heterocycles. The number of nitrogens with one attached hydrogen (secondary N) is 1. The molecule has 5 heteroatoms. The number of benzene rings is 1. The Labute approximate surface area is 105 Å². The molecule has 0 aliphatic rings. The quantitative estimate of drug-likeness (QED) is 0.889. The molecular formula is C13H12N4O. The first-order valence-corrected chi connectivity index (χ1v) is 5.54. The normalized spacial score (nSPS) is 9.56. The minimum atomic E-state index is 0.295. The number of anilines is 2. The van der Waals surface area contributed by atoms with Crippen molar-refractivity contribution in [3.05, 3.63) is 42.4 Å². The Morgan fingerprint density at radius 3 is 2.89 bits per heavy atom. The van der Waals surface area contributed by atoms with Crippen LogP contribution >= 0.6 is 0 Å². The van der Waals surface area contributed by atoms with Gasteiger partial charge in [-0.25, -0.2) is 9.97 Å². The van der Waals surface area contributed by atoms with E-state index >= 15 is 0 Å². The van der Waals surface area contributed by atoms with Gasteiger partial charge in [-0.15, -0.1) is 0 Å². The van der Waals surface area contributed by atoms with E-state index < -0.39 is 0 Å². The first kappa shape index (κ1) is 11.9. The van der Waals surface area contributed by atoms with Crippen LogP contribution in [0.4, 0.5) is 11.5 Å². The molecule has 0 aliphatic carbocycles. The molecule has 18 heavy (non-hydrogen) atoms. The summed E-state index contributed by atoms with van der Waals surface area (Å²) in [6.45, 7) is 2.56. The molecule has 0 atom stereocenters. The van der Waals surface area contributed by atoms with Gasteiger partial charge >= 0.3 is 0 Å². The van der Waals surface area contributed by atoms with E-state index in [1.54, 1.807) is 0 Å². The number of rotatable bonds is 4. The van der Waals surface area contributed by atoms with Crippen LogP contribution < -0.4 is 10.1 Å². The Morgan fingerprint density at radius 2 is 2.22 bits per heavy atom. The van der Waals surface area contributed by atoms with Crippen molar-refractivity contribution in [2.75, 3.05) is 11.9 Å². The molecule has 5 nitrogen and oxygen atoms in total.